The molecule has 5 amide bonds. The highest BCUT2D eigenvalue weighted by Crippen LogP contribution is 2.29. The third-order valence-electron chi connectivity index (χ3n) is 11.3. The van der Waals surface area contributed by atoms with E-state index in [0.29, 0.717) is 80.8 Å². The van der Waals surface area contributed by atoms with Crippen molar-refractivity contribution >= 4 is 80.9 Å². The van der Waals surface area contributed by atoms with Gasteiger partial charge in [0.25, 0.3) is 29.5 Å². The Bertz CT molecular complexity index is 2620. The van der Waals surface area contributed by atoms with Crippen molar-refractivity contribution in [3.63, 3.8) is 0 Å². The first-order valence-corrected chi connectivity index (χ1v) is 22.8. The van der Waals surface area contributed by atoms with Gasteiger partial charge in [-0.05, 0) is 48.7 Å². The van der Waals surface area contributed by atoms with E-state index < -0.39 is 35.9 Å². The van der Waals surface area contributed by atoms with E-state index in [2.05, 4.69) is 35.3 Å². The largest absolute Gasteiger partial charge is 0.363 e. The van der Waals surface area contributed by atoms with E-state index in [-0.39, 0.29) is 37.2 Å². The van der Waals surface area contributed by atoms with E-state index in [1.165, 1.54) is 17.5 Å². The van der Waals surface area contributed by atoms with Crippen LogP contribution in [0.1, 0.15) is 80.1 Å². The molecule has 1 unspecified atom stereocenters. The summed E-state index contributed by atoms with van der Waals surface area (Å²) in [7, 11) is 0. The van der Waals surface area contributed by atoms with Crippen molar-refractivity contribution in [2.75, 3.05) is 54.8 Å². The maximum Gasteiger partial charge on any atom is 0.363 e. The third-order valence-corrected chi connectivity index (χ3v) is 12.6. The van der Waals surface area contributed by atoms with Gasteiger partial charge in [-0.25, -0.2) is 24.6 Å². The first-order valence-electron chi connectivity index (χ1n) is 21.6. The Balaban J connectivity index is 0.883. The van der Waals surface area contributed by atoms with Gasteiger partial charge in [-0.3, -0.25) is 33.8 Å². The third kappa shape index (κ3) is 11.7. The Morgan fingerprint density at radius 2 is 1.46 bits per heavy atom. The number of aryl methyl sites for hydroxylation is 2. The summed E-state index contributed by atoms with van der Waals surface area (Å²) in [6.07, 6.45) is 0.0796. The molecule has 8 rings (SSSR count). The number of aliphatic hydroxyl groups is 1. The van der Waals surface area contributed by atoms with Crippen molar-refractivity contribution in [1.29, 1.82) is 0 Å². The number of aromatic nitrogens is 3. The van der Waals surface area contributed by atoms with E-state index in [1.807, 2.05) is 44.2 Å². The van der Waals surface area contributed by atoms with Gasteiger partial charge in [0.1, 0.15) is 22.3 Å². The summed E-state index contributed by atoms with van der Waals surface area (Å²) in [4.78, 5) is 105. The smallest absolute Gasteiger partial charge is 0.362 e. The number of para-hydroxylation sites is 1. The zero-order valence-electron chi connectivity index (χ0n) is 36.6. The summed E-state index contributed by atoms with van der Waals surface area (Å²) in [5, 5.41) is 18.9. The molecule has 348 valence electrons. The van der Waals surface area contributed by atoms with Crippen molar-refractivity contribution in [1.82, 2.24) is 34.9 Å². The molecule has 21 heteroatoms. The minimum absolute atomic E-state index is 0.00135. The molecular formula is C46H47ClN10O9S. The van der Waals surface area contributed by atoms with E-state index in [4.69, 9.17) is 26.3 Å². The monoisotopic (exact) mass is 950 g/mol. The lowest BCUT2D eigenvalue weighted by Gasteiger charge is -2.36. The van der Waals surface area contributed by atoms with Gasteiger partial charge in [-0.2, -0.15) is 5.06 Å². The van der Waals surface area contributed by atoms with Crippen LogP contribution < -0.4 is 15.5 Å². The van der Waals surface area contributed by atoms with Gasteiger partial charge in [-0.1, -0.05) is 71.5 Å². The second-order valence-electron chi connectivity index (χ2n) is 16.2. The Labute approximate surface area is 394 Å². The fourth-order valence-electron chi connectivity index (χ4n) is 7.67. The van der Waals surface area contributed by atoms with Gasteiger partial charge in [-0.15, -0.1) is 5.06 Å². The van der Waals surface area contributed by atoms with Gasteiger partial charge in [0.15, 0.2) is 5.13 Å². The number of aliphatic hydroxyl groups excluding tert-OH is 1. The van der Waals surface area contributed by atoms with Crippen molar-refractivity contribution < 1.29 is 43.5 Å². The molecule has 3 saturated heterocycles. The number of nitrogens with one attached hydrogen (secondary N) is 2. The predicted octanol–water partition coefficient (Wildman–Crippen LogP) is 5.32. The molecule has 3 aromatic carbocycles. The summed E-state index contributed by atoms with van der Waals surface area (Å²) >= 11 is 7.51. The maximum atomic E-state index is 13.0. The van der Waals surface area contributed by atoms with Gasteiger partial charge in [0, 0.05) is 89.7 Å². The molecule has 3 aliphatic rings. The number of hydrogen-bond donors (Lipinski definition) is 3. The number of amides is 5. The normalized spacial score (nSPS) is 16.0. The minimum Gasteiger partial charge on any atom is -0.362 e. The highest BCUT2D eigenvalue weighted by atomic mass is 35.5. The quantitative estimate of drug-likeness (QED) is 0.0794. The number of thiazole rings is 1. The van der Waals surface area contributed by atoms with Gasteiger partial charge in [0.05, 0.1) is 22.5 Å². The highest BCUT2D eigenvalue weighted by molar-refractivity contribution is 7.17. The molecule has 0 bridgehead atoms. The molecule has 2 aromatic heterocycles. The first kappa shape index (κ1) is 46.8. The molecule has 3 fully saturated rings. The molecule has 3 aliphatic heterocycles. The Morgan fingerprint density at radius 3 is 2.10 bits per heavy atom. The number of nitrogens with zero attached hydrogens (tertiary/aromatic N) is 8. The number of rotatable bonds is 17. The van der Waals surface area contributed by atoms with Crippen LogP contribution in [-0.4, -0.2) is 115 Å². The van der Waals surface area contributed by atoms with Crippen LogP contribution in [0, 0.1) is 13.8 Å². The van der Waals surface area contributed by atoms with Crippen molar-refractivity contribution in [3.05, 3.63) is 123 Å². The van der Waals surface area contributed by atoms with Crippen LogP contribution in [0.2, 0.25) is 5.02 Å². The Hall–Kier alpha value is -6.68. The van der Waals surface area contributed by atoms with Crippen LogP contribution in [0.15, 0.2) is 79.0 Å². The lowest BCUT2D eigenvalue weighted by atomic mass is 10.1. The van der Waals surface area contributed by atoms with E-state index in [1.54, 1.807) is 42.5 Å². The molecular weight excluding hydrogens is 904 g/mol. The van der Waals surface area contributed by atoms with Crippen LogP contribution in [-0.2, 0) is 41.9 Å². The average molecular weight is 951 g/mol. The van der Waals surface area contributed by atoms with Gasteiger partial charge >= 0.3 is 5.97 Å². The second-order valence-corrected chi connectivity index (χ2v) is 17.6. The van der Waals surface area contributed by atoms with E-state index in [9.17, 15) is 33.9 Å². The zero-order chi connectivity index (χ0) is 47.2. The molecule has 0 radical (unpaired) electrons. The first-order chi connectivity index (χ1) is 32.3. The number of piperazine rings is 1. The minimum atomic E-state index is -1.51. The van der Waals surface area contributed by atoms with E-state index >= 15 is 0 Å². The summed E-state index contributed by atoms with van der Waals surface area (Å²) in [5.41, 5.74) is 3.81. The molecule has 5 aromatic rings. The molecule has 5 heterocycles. The summed E-state index contributed by atoms with van der Waals surface area (Å²) in [6.45, 7) is 9.10. The number of benzene rings is 3. The fraction of sp³-hybridized carbons (Fsp3) is 0.326. The zero-order valence-corrected chi connectivity index (χ0v) is 38.2. The lowest BCUT2D eigenvalue weighted by molar-refractivity contribution is -0.247. The fourth-order valence-corrected chi connectivity index (χ4v) is 8.65. The Morgan fingerprint density at radius 1 is 0.836 bits per heavy atom. The number of hydroxylamine groups is 4. The van der Waals surface area contributed by atoms with Crippen LogP contribution in [0.3, 0.4) is 0 Å². The molecule has 1 atom stereocenters. The molecule has 0 spiro atoms. The van der Waals surface area contributed by atoms with Crippen molar-refractivity contribution in [2.45, 2.75) is 58.9 Å². The van der Waals surface area contributed by atoms with E-state index in [0.717, 1.165) is 42.1 Å². The lowest BCUT2D eigenvalue weighted by Crippen LogP contribution is -2.48. The van der Waals surface area contributed by atoms with Crippen molar-refractivity contribution in [2.24, 2.45) is 0 Å². The van der Waals surface area contributed by atoms with Crippen LogP contribution in [0.5, 0.6) is 0 Å². The highest BCUT2D eigenvalue weighted by Gasteiger charge is 2.34. The SMILES string of the molecule is Cc1nc(Nc2ncc(C(=O)Nc3c(C)cccc3Cl)s2)cc(N2CCN(CCN(Cc3ccc(C(=O)ON4C(=O)CCC4=O)cc3)Cc3ccc(C(O)ON4C(=O)CCC4=O)cc3)CC2)n1. The van der Waals surface area contributed by atoms with Crippen LogP contribution >= 0.6 is 22.9 Å². The average Bonchev–Trinajstić information content (AvgIpc) is 4.01. The van der Waals surface area contributed by atoms with Gasteiger partial charge in [0.2, 0.25) is 6.29 Å². The predicted molar refractivity (Wildman–Crippen MR) is 246 cm³/mol. The topological polar surface area (TPSA) is 220 Å². The molecule has 19 nitrogen and oxygen atoms in total. The summed E-state index contributed by atoms with van der Waals surface area (Å²) in [6, 6.07) is 21.2. The van der Waals surface area contributed by atoms with Crippen LogP contribution in [0.4, 0.5) is 22.5 Å². The summed E-state index contributed by atoms with van der Waals surface area (Å²) in [5.74, 6) is -1.33. The number of hydrogen-bond acceptors (Lipinski definition) is 17. The molecule has 3 N–H and O–H groups in total. The molecule has 0 saturated carbocycles. The van der Waals surface area contributed by atoms with Gasteiger partial charge < -0.3 is 25.5 Å². The van der Waals surface area contributed by atoms with Crippen molar-refractivity contribution in [3.8, 4) is 0 Å². The molecule has 0 aliphatic carbocycles. The number of carbonyl (C=O) groups is 6. The number of anilines is 4. The standard InChI is InChI=1S/C46H47ClN10O9S/c1-28-4-3-5-34(47)42(28)52-43(62)35-25-48-46(67-35)51-36-24-37(50-29(2)49-36)55-22-20-53(21-23-55)18-19-54(26-30-6-10-32(11-7-30)44(63)65-56-38(58)14-15-39(56)59)27-31-8-12-33(13-9-31)45(64)66-57-40(60)16-17-41(57)61/h3-13,24-25,44,63H,14-23,26-27H2,1-2H3,(H,52,62)(H,48,49,50,51). The maximum absolute atomic E-state index is 13.0. The molecule has 67 heavy (non-hydrogen) atoms. The van der Waals surface area contributed by atoms with Crippen LogP contribution in [0.25, 0.3) is 0 Å². The summed E-state index contributed by atoms with van der Waals surface area (Å²) < 4.78 is 0. The second kappa shape index (κ2) is 20.9. The number of carbonyl (C=O) groups excluding carboxylic acids is 6. The number of imide groups is 2. The number of halogens is 1. The Kier molecular flexibility index (Phi) is 14.6.